The Morgan fingerprint density at radius 3 is 2.77 bits per heavy atom. The molecule has 1 aliphatic rings. The van der Waals surface area contributed by atoms with Gasteiger partial charge in [-0.25, -0.2) is 14.4 Å². The maximum Gasteiger partial charge on any atom is 0.261 e. The van der Waals surface area contributed by atoms with Crippen molar-refractivity contribution in [3.63, 3.8) is 0 Å². The van der Waals surface area contributed by atoms with Crippen molar-refractivity contribution in [3.05, 3.63) is 98.4 Å². The minimum atomic E-state index is -0.480. The molecule has 8 heteroatoms. The molecule has 0 amide bonds. The number of nitrogens with zero attached hydrogens (tertiary/aromatic N) is 3. The Morgan fingerprint density at radius 1 is 1.17 bits per heavy atom. The van der Waals surface area contributed by atoms with E-state index in [4.69, 9.17) is 21.1 Å². The van der Waals surface area contributed by atoms with Gasteiger partial charge in [-0.05, 0) is 73.4 Å². The van der Waals surface area contributed by atoms with Crippen LogP contribution in [-0.2, 0) is 4.74 Å². The Kier molecular flexibility index (Phi) is 6.13. The Morgan fingerprint density at radius 2 is 2.00 bits per heavy atom. The van der Waals surface area contributed by atoms with Crippen molar-refractivity contribution in [2.24, 2.45) is 0 Å². The number of rotatable bonds is 4. The van der Waals surface area contributed by atoms with Crippen molar-refractivity contribution in [1.82, 2.24) is 14.4 Å². The van der Waals surface area contributed by atoms with E-state index in [0.717, 1.165) is 16.7 Å². The minimum absolute atomic E-state index is 0.187. The highest BCUT2D eigenvalue weighted by molar-refractivity contribution is 6.30. The molecule has 0 radical (unpaired) electrons. The van der Waals surface area contributed by atoms with Crippen LogP contribution < -0.4 is 10.3 Å². The highest BCUT2D eigenvalue weighted by Gasteiger charge is 2.21. The number of ether oxygens (including phenoxy) is 2. The highest BCUT2D eigenvalue weighted by Crippen LogP contribution is 2.35. The van der Waals surface area contributed by atoms with Gasteiger partial charge in [0.05, 0.1) is 13.7 Å². The van der Waals surface area contributed by atoms with Crippen LogP contribution >= 0.6 is 11.6 Å². The average molecular weight is 492 g/mol. The summed E-state index contributed by atoms with van der Waals surface area (Å²) in [6.45, 7) is 4.01. The van der Waals surface area contributed by atoms with Crippen molar-refractivity contribution < 1.29 is 13.9 Å². The lowest BCUT2D eigenvalue weighted by Crippen LogP contribution is -2.20. The van der Waals surface area contributed by atoms with Crippen LogP contribution in [-0.4, -0.2) is 28.1 Å². The van der Waals surface area contributed by atoms with Gasteiger partial charge in [0.25, 0.3) is 5.56 Å². The van der Waals surface area contributed by atoms with E-state index in [-0.39, 0.29) is 11.7 Å². The summed E-state index contributed by atoms with van der Waals surface area (Å²) in [5.74, 6) is 0.0213. The zero-order valence-corrected chi connectivity index (χ0v) is 20.3. The second-order valence-corrected chi connectivity index (χ2v) is 8.89. The van der Waals surface area contributed by atoms with Crippen LogP contribution in [0.2, 0.25) is 5.02 Å². The van der Waals surface area contributed by atoms with E-state index in [1.807, 2.05) is 24.3 Å². The predicted octanol–water partition coefficient (Wildman–Crippen LogP) is 5.72. The van der Waals surface area contributed by atoms with E-state index in [9.17, 15) is 4.79 Å². The van der Waals surface area contributed by atoms with Crippen molar-refractivity contribution in [3.8, 4) is 17.0 Å². The van der Waals surface area contributed by atoms with Gasteiger partial charge in [-0.3, -0.25) is 9.20 Å². The molecular formula is C27H23ClFN3O3. The number of aromatic nitrogens is 3. The van der Waals surface area contributed by atoms with Gasteiger partial charge in [0, 0.05) is 45.9 Å². The molecule has 1 aromatic carbocycles. The van der Waals surface area contributed by atoms with Gasteiger partial charge in [-0.15, -0.1) is 0 Å². The summed E-state index contributed by atoms with van der Waals surface area (Å²) in [5.41, 5.74) is 4.89. The number of pyridine rings is 2. The van der Waals surface area contributed by atoms with Crippen LogP contribution in [0.15, 0.2) is 59.7 Å². The third kappa shape index (κ3) is 4.33. The number of benzene rings is 1. The van der Waals surface area contributed by atoms with Crippen molar-refractivity contribution in [2.45, 2.75) is 26.4 Å². The summed E-state index contributed by atoms with van der Waals surface area (Å²) in [7, 11) is 1.57. The molecule has 178 valence electrons. The number of aryl methyl sites for hydroxylation is 1. The molecule has 35 heavy (non-hydrogen) atoms. The second-order valence-electron chi connectivity index (χ2n) is 8.45. The van der Waals surface area contributed by atoms with Crippen molar-refractivity contribution in [1.29, 1.82) is 0 Å². The molecule has 0 aliphatic carbocycles. The Labute approximate surface area is 206 Å². The molecule has 0 fully saturated rings. The topological polar surface area (TPSA) is 65.7 Å². The molecule has 1 unspecified atom stereocenters. The third-order valence-electron chi connectivity index (χ3n) is 6.30. The molecule has 6 nitrogen and oxygen atoms in total. The van der Waals surface area contributed by atoms with E-state index in [1.165, 1.54) is 10.5 Å². The second kappa shape index (κ2) is 9.24. The maximum atomic E-state index is 15.0. The Bertz CT molecular complexity index is 1550. The highest BCUT2D eigenvalue weighted by atomic mass is 35.5. The molecule has 0 saturated carbocycles. The number of methoxy groups -OCH3 is 1. The molecule has 0 bridgehead atoms. The summed E-state index contributed by atoms with van der Waals surface area (Å²) >= 11 is 6.00. The first-order chi connectivity index (χ1) is 16.9. The van der Waals surface area contributed by atoms with Crippen LogP contribution in [0.5, 0.6) is 5.88 Å². The van der Waals surface area contributed by atoms with Gasteiger partial charge >= 0.3 is 0 Å². The fraction of sp³-hybridized carbons (Fsp3) is 0.222. The largest absolute Gasteiger partial charge is 0.481 e. The van der Waals surface area contributed by atoms with Gasteiger partial charge in [-0.2, -0.15) is 0 Å². The predicted molar refractivity (Wildman–Crippen MR) is 133 cm³/mol. The first kappa shape index (κ1) is 23.2. The molecule has 4 aromatic rings. The fourth-order valence-corrected chi connectivity index (χ4v) is 4.43. The maximum absolute atomic E-state index is 15.0. The quantitative estimate of drug-likeness (QED) is 0.365. The first-order valence-electron chi connectivity index (χ1n) is 11.2. The minimum Gasteiger partial charge on any atom is -0.481 e. The Hall–Kier alpha value is -3.55. The first-order valence-corrected chi connectivity index (χ1v) is 11.5. The van der Waals surface area contributed by atoms with Crippen molar-refractivity contribution >= 4 is 22.8 Å². The Balaban J connectivity index is 1.72. The number of hydrogen-bond donors (Lipinski definition) is 0. The molecule has 0 N–H and O–H groups in total. The van der Waals surface area contributed by atoms with Crippen LogP contribution in [0.3, 0.4) is 0 Å². The van der Waals surface area contributed by atoms with Gasteiger partial charge in [0.1, 0.15) is 17.6 Å². The molecular weight excluding hydrogens is 469 g/mol. The average Bonchev–Trinajstić information content (AvgIpc) is 2.87. The van der Waals surface area contributed by atoms with Gasteiger partial charge in [-0.1, -0.05) is 11.6 Å². The molecule has 3 aromatic heterocycles. The van der Waals surface area contributed by atoms with Crippen LogP contribution in [0, 0.1) is 19.7 Å². The van der Waals surface area contributed by atoms with Crippen LogP contribution in [0.1, 0.15) is 34.9 Å². The van der Waals surface area contributed by atoms with E-state index < -0.39 is 5.82 Å². The standard InChI is InChI=1S/C27H23ClFN3O3/c1-15-16(2)31-26-22(21-5-4-20(28)13-23(21)29)10-19(14-32(26)27(15)33)17-7-9-35-24(11-17)18-6-8-30-25(12-18)34-3/h4-6,8,10-14,24H,7,9H2,1-3H3. The zero-order chi connectivity index (χ0) is 24.7. The lowest BCUT2D eigenvalue weighted by atomic mass is 9.95. The van der Waals surface area contributed by atoms with E-state index in [1.54, 1.807) is 45.5 Å². The number of hydrogen-bond acceptors (Lipinski definition) is 5. The number of halogens is 2. The lowest BCUT2D eigenvalue weighted by molar-refractivity contribution is 0.0825. The summed E-state index contributed by atoms with van der Waals surface area (Å²) < 4.78 is 27.8. The fourth-order valence-electron chi connectivity index (χ4n) is 4.27. The molecule has 1 atom stereocenters. The summed E-state index contributed by atoms with van der Waals surface area (Å²) in [5, 5.41) is 0.298. The number of fused-ring (bicyclic) bond motifs is 1. The van der Waals surface area contributed by atoms with Gasteiger partial charge < -0.3 is 9.47 Å². The van der Waals surface area contributed by atoms with Gasteiger partial charge in [0.2, 0.25) is 5.88 Å². The molecule has 4 heterocycles. The van der Waals surface area contributed by atoms with Crippen molar-refractivity contribution in [2.75, 3.05) is 13.7 Å². The zero-order valence-electron chi connectivity index (χ0n) is 19.5. The third-order valence-corrected chi connectivity index (χ3v) is 6.54. The summed E-state index contributed by atoms with van der Waals surface area (Å²) in [6.07, 6.45) is 5.79. The normalized spacial score (nSPS) is 15.8. The molecule has 5 rings (SSSR count). The monoisotopic (exact) mass is 491 g/mol. The summed E-state index contributed by atoms with van der Waals surface area (Å²) in [4.78, 5) is 22.0. The van der Waals surface area contributed by atoms with E-state index >= 15 is 4.39 Å². The van der Waals surface area contributed by atoms with Crippen LogP contribution in [0.25, 0.3) is 22.3 Å². The van der Waals surface area contributed by atoms with Crippen LogP contribution in [0.4, 0.5) is 4.39 Å². The molecule has 0 saturated heterocycles. The smallest absolute Gasteiger partial charge is 0.261 e. The van der Waals surface area contributed by atoms with Gasteiger partial charge in [0.15, 0.2) is 0 Å². The van der Waals surface area contributed by atoms with E-state index in [2.05, 4.69) is 9.97 Å². The SMILES string of the molecule is COc1cc(C2C=C(c3cc(-c4ccc(Cl)cc4F)c4nc(C)c(C)c(=O)n4c3)CCO2)ccn1. The molecule has 0 spiro atoms. The lowest BCUT2D eigenvalue weighted by Gasteiger charge is -2.23. The summed E-state index contributed by atoms with van der Waals surface area (Å²) in [6, 6.07) is 10.1. The molecule has 1 aliphatic heterocycles. The van der Waals surface area contributed by atoms with E-state index in [0.29, 0.717) is 52.0 Å².